The Morgan fingerprint density at radius 1 is 1.38 bits per heavy atom. The lowest BCUT2D eigenvalue weighted by molar-refractivity contribution is -0.120. The van der Waals surface area contributed by atoms with Crippen LogP contribution >= 0.6 is 11.3 Å². The highest BCUT2D eigenvalue weighted by molar-refractivity contribution is 7.16. The van der Waals surface area contributed by atoms with Crippen LogP contribution < -0.4 is 5.32 Å². The van der Waals surface area contributed by atoms with Gasteiger partial charge in [0.1, 0.15) is 10.8 Å². The molecule has 0 saturated heterocycles. The van der Waals surface area contributed by atoms with Crippen molar-refractivity contribution in [2.75, 3.05) is 0 Å². The van der Waals surface area contributed by atoms with Crippen molar-refractivity contribution >= 4 is 22.2 Å². The van der Waals surface area contributed by atoms with Crippen molar-refractivity contribution in [3.8, 4) is 0 Å². The third-order valence-electron chi connectivity index (χ3n) is 2.92. The summed E-state index contributed by atoms with van der Waals surface area (Å²) in [4.78, 5) is 17.0. The number of hydrogen-bond donors (Lipinski definition) is 1. The van der Waals surface area contributed by atoms with Crippen molar-refractivity contribution in [2.45, 2.75) is 19.9 Å². The summed E-state index contributed by atoms with van der Waals surface area (Å²) in [7, 11) is 0. The predicted octanol–water partition coefficient (Wildman–Crippen LogP) is 2.10. The maximum atomic E-state index is 12.8. The topological polar surface area (TPSA) is 59.3 Å². The van der Waals surface area contributed by atoms with Crippen LogP contribution in [0.25, 0.3) is 4.96 Å². The fraction of sp³-hybridized carbons (Fsp3) is 0.214. The standard InChI is InChI=1S/C14H13FN4OS/c1-9-8-19-14(17-9)21-13(18-19)7-16-12(20)6-10-2-4-11(15)5-3-10/h2-5,8H,6-7H2,1H3,(H,16,20). The minimum atomic E-state index is -0.305. The van der Waals surface area contributed by atoms with Crippen molar-refractivity contribution in [3.63, 3.8) is 0 Å². The Morgan fingerprint density at radius 2 is 2.14 bits per heavy atom. The zero-order chi connectivity index (χ0) is 14.8. The summed E-state index contributed by atoms with van der Waals surface area (Å²) >= 11 is 1.44. The van der Waals surface area contributed by atoms with Crippen molar-refractivity contribution < 1.29 is 9.18 Å². The van der Waals surface area contributed by atoms with Crippen LogP contribution in [-0.4, -0.2) is 20.5 Å². The van der Waals surface area contributed by atoms with E-state index in [1.807, 2.05) is 13.1 Å². The third kappa shape index (κ3) is 3.25. The van der Waals surface area contributed by atoms with Gasteiger partial charge in [-0.25, -0.2) is 13.9 Å². The molecule has 0 bridgehead atoms. The Balaban J connectivity index is 1.57. The largest absolute Gasteiger partial charge is 0.349 e. The molecule has 0 saturated carbocycles. The second-order valence-corrected chi connectivity index (χ2v) is 5.73. The van der Waals surface area contributed by atoms with E-state index >= 15 is 0 Å². The maximum absolute atomic E-state index is 12.8. The summed E-state index contributed by atoms with van der Waals surface area (Å²) in [6.07, 6.45) is 2.07. The Morgan fingerprint density at radius 3 is 2.86 bits per heavy atom. The number of carbonyl (C=O) groups excluding carboxylic acids is 1. The van der Waals surface area contributed by atoms with Gasteiger partial charge in [-0.2, -0.15) is 5.10 Å². The molecule has 0 spiro atoms. The normalized spacial score (nSPS) is 11.0. The minimum absolute atomic E-state index is 0.120. The second kappa shape index (κ2) is 5.61. The molecule has 0 aliphatic rings. The van der Waals surface area contributed by atoms with Gasteiger partial charge >= 0.3 is 0 Å². The highest BCUT2D eigenvalue weighted by atomic mass is 32.1. The smallest absolute Gasteiger partial charge is 0.224 e. The average Bonchev–Trinajstić information content (AvgIpc) is 2.96. The van der Waals surface area contributed by atoms with Gasteiger partial charge in [0.15, 0.2) is 0 Å². The summed E-state index contributed by atoms with van der Waals surface area (Å²) in [6.45, 7) is 2.28. The van der Waals surface area contributed by atoms with Gasteiger partial charge in [0.25, 0.3) is 0 Å². The molecule has 2 aromatic heterocycles. The molecule has 2 heterocycles. The number of aromatic nitrogens is 3. The van der Waals surface area contributed by atoms with Gasteiger partial charge in [-0.15, -0.1) is 0 Å². The van der Waals surface area contributed by atoms with Crippen molar-refractivity contribution in [2.24, 2.45) is 0 Å². The molecule has 7 heteroatoms. The van der Waals surface area contributed by atoms with Crippen LogP contribution in [0.5, 0.6) is 0 Å². The van der Waals surface area contributed by atoms with Crippen LogP contribution in [0.4, 0.5) is 4.39 Å². The maximum Gasteiger partial charge on any atom is 0.224 e. The quantitative estimate of drug-likeness (QED) is 0.803. The molecule has 0 atom stereocenters. The van der Waals surface area contributed by atoms with E-state index in [0.29, 0.717) is 6.54 Å². The first kappa shape index (κ1) is 13.7. The molecule has 0 fully saturated rings. The molecule has 5 nitrogen and oxygen atoms in total. The molecule has 1 amide bonds. The number of rotatable bonds is 4. The van der Waals surface area contributed by atoms with Gasteiger partial charge in [0.05, 0.1) is 24.9 Å². The lowest BCUT2D eigenvalue weighted by Gasteiger charge is -2.03. The number of nitrogens with one attached hydrogen (secondary N) is 1. The molecule has 0 radical (unpaired) electrons. The van der Waals surface area contributed by atoms with Crippen LogP contribution in [0.2, 0.25) is 0 Å². The van der Waals surface area contributed by atoms with Gasteiger partial charge in [0.2, 0.25) is 10.9 Å². The Bertz CT molecular complexity index is 746. The van der Waals surface area contributed by atoms with Gasteiger partial charge in [-0.1, -0.05) is 23.5 Å². The molecule has 3 rings (SSSR count). The zero-order valence-electron chi connectivity index (χ0n) is 11.3. The Hall–Kier alpha value is -2.28. The highest BCUT2D eigenvalue weighted by Gasteiger charge is 2.08. The first-order chi connectivity index (χ1) is 10.1. The number of hydrogen-bond acceptors (Lipinski definition) is 4. The van der Waals surface area contributed by atoms with Crippen molar-refractivity contribution in [3.05, 3.63) is 52.5 Å². The first-order valence-corrected chi connectivity index (χ1v) is 7.24. The van der Waals surface area contributed by atoms with Crippen LogP contribution in [0.1, 0.15) is 16.3 Å². The number of benzene rings is 1. The molecular weight excluding hydrogens is 291 g/mol. The van der Waals surface area contributed by atoms with E-state index < -0.39 is 0 Å². The van der Waals surface area contributed by atoms with Crippen LogP contribution in [0, 0.1) is 12.7 Å². The zero-order valence-corrected chi connectivity index (χ0v) is 12.2. The van der Waals surface area contributed by atoms with E-state index in [0.717, 1.165) is 21.2 Å². The van der Waals surface area contributed by atoms with Gasteiger partial charge in [-0.05, 0) is 24.6 Å². The van der Waals surface area contributed by atoms with Crippen LogP contribution in [-0.2, 0) is 17.8 Å². The summed E-state index contributed by atoms with van der Waals surface area (Å²) < 4.78 is 14.5. The van der Waals surface area contributed by atoms with E-state index in [2.05, 4.69) is 15.4 Å². The molecule has 1 aromatic carbocycles. The second-order valence-electron chi connectivity index (χ2n) is 4.69. The average molecular weight is 304 g/mol. The Labute approximate surface area is 124 Å². The van der Waals surface area contributed by atoms with E-state index in [4.69, 9.17) is 0 Å². The van der Waals surface area contributed by atoms with E-state index in [1.165, 1.54) is 23.5 Å². The molecule has 0 unspecified atom stereocenters. The van der Waals surface area contributed by atoms with Crippen molar-refractivity contribution in [1.82, 2.24) is 19.9 Å². The lowest BCUT2D eigenvalue weighted by atomic mass is 10.1. The highest BCUT2D eigenvalue weighted by Crippen LogP contribution is 2.14. The number of nitrogens with zero attached hydrogens (tertiary/aromatic N) is 3. The van der Waals surface area contributed by atoms with Crippen LogP contribution in [0.15, 0.2) is 30.5 Å². The molecule has 0 aliphatic carbocycles. The SMILES string of the molecule is Cc1cn2nc(CNC(=O)Cc3ccc(F)cc3)sc2n1. The minimum Gasteiger partial charge on any atom is -0.349 e. The summed E-state index contributed by atoms with van der Waals surface area (Å²) in [5, 5.41) is 7.93. The lowest BCUT2D eigenvalue weighted by Crippen LogP contribution is -2.24. The van der Waals surface area contributed by atoms with Crippen LogP contribution in [0.3, 0.4) is 0 Å². The molecule has 108 valence electrons. The van der Waals surface area contributed by atoms with Gasteiger partial charge in [-0.3, -0.25) is 4.79 Å². The molecule has 1 N–H and O–H groups in total. The monoisotopic (exact) mass is 304 g/mol. The number of aryl methyl sites for hydroxylation is 1. The van der Waals surface area contributed by atoms with E-state index in [9.17, 15) is 9.18 Å². The third-order valence-corrected chi connectivity index (χ3v) is 3.84. The predicted molar refractivity (Wildman–Crippen MR) is 77.6 cm³/mol. The number of imidazole rings is 1. The summed E-state index contributed by atoms with van der Waals surface area (Å²) in [6, 6.07) is 5.91. The molecule has 0 aliphatic heterocycles. The number of carbonyl (C=O) groups is 1. The molecule has 3 aromatic rings. The fourth-order valence-corrected chi connectivity index (χ4v) is 2.81. The fourth-order valence-electron chi connectivity index (χ4n) is 1.95. The molecule has 21 heavy (non-hydrogen) atoms. The van der Waals surface area contributed by atoms with Crippen molar-refractivity contribution in [1.29, 1.82) is 0 Å². The number of fused-ring (bicyclic) bond motifs is 1. The summed E-state index contributed by atoms with van der Waals surface area (Å²) in [5.74, 6) is -0.425. The Kier molecular flexibility index (Phi) is 3.66. The first-order valence-electron chi connectivity index (χ1n) is 6.43. The van der Waals surface area contributed by atoms with E-state index in [-0.39, 0.29) is 18.1 Å². The number of amides is 1. The van der Waals surface area contributed by atoms with E-state index in [1.54, 1.807) is 16.6 Å². The van der Waals surface area contributed by atoms with Gasteiger partial charge < -0.3 is 5.32 Å². The van der Waals surface area contributed by atoms with Gasteiger partial charge in [0, 0.05) is 0 Å². The number of halogens is 1. The molecular formula is C14H13FN4OS. The summed E-state index contributed by atoms with van der Waals surface area (Å²) in [5.41, 5.74) is 1.69.